The van der Waals surface area contributed by atoms with Crippen molar-refractivity contribution in [1.29, 1.82) is 0 Å². The third-order valence-corrected chi connectivity index (χ3v) is 7.11. The lowest BCUT2D eigenvalue weighted by molar-refractivity contribution is 0.566. The second-order valence-corrected chi connectivity index (χ2v) is 8.77. The smallest absolute Gasteiger partial charge is 0.0719 e. The number of halogens is 1. The molecule has 1 unspecified atom stereocenters. The maximum atomic E-state index is 6.78. The SMILES string of the molecule is C=CC1=C(C=C)C2(c3ccccc3-c3c(Cl)cccc32)c2ccccc2C1(C)C. The molecule has 0 heterocycles. The van der Waals surface area contributed by atoms with Crippen LogP contribution in [0.3, 0.4) is 0 Å². The van der Waals surface area contributed by atoms with E-state index in [1.165, 1.54) is 39.0 Å². The first-order valence-electron chi connectivity index (χ1n) is 9.98. The van der Waals surface area contributed by atoms with E-state index in [9.17, 15) is 0 Å². The van der Waals surface area contributed by atoms with E-state index in [1.54, 1.807) is 0 Å². The largest absolute Gasteiger partial charge is 0.0987 e. The summed E-state index contributed by atoms with van der Waals surface area (Å²) in [5, 5.41) is 0.790. The molecule has 0 aliphatic heterocycles. The van der Waals surface area contributed by atoms with Gasteiger partial charge < -0.3 is 0 Å². The molecule has 142 valence electrons. The Bertz CT molecular complexity index is 1220. The number of hydrogen-bond acceptors (Lipinski definition) is 0. The summed E-state index contributed by atoms with van der Waals surface area (Å²) in [6, 6.07) is 23.7. The molecule has 0 bridgehead atoms. The maximum absolute atomic E-state index is 6.78. The summed E-state index contributed by atoms with van der Waals surface area (Å²) >= 11 is 6.78. The average molecular weight is 395 g/mol. The molecular weight excluding hydrogens is 372 g/mol. The Morgan fingerprint density at radius 2 is 1.28 bits per heavy atom. The number of allylic oxidation sites excluding steroid dienone is 4. The van der Waals surface area contributed by atoms with Crippen LogP contribution in [0.1, 0.15) is 36.1 Å². The van der Waals surface area contributed by atoms with Crippen LogP contribution in [0.15, 0.2) is 103 Å². The van der Waals surface area contributed by atoms with E-state index in [0.717, 1.165) is 10.6 Å². The monoisotopic (exact) mass is 394 g/mol. The van der Waals surface area contributed by atoms with Crippen molar-refractivity contribution in [1.82, 2.24) is 0 Å². The van der Waals surface area contributed by atoms with E-state index in [1.807, 2.05) is 18.2 Å². The van der Waals surface area contributed by atoms with Crippen LogP contribution >= 0.6 is 11.6 Å². The van der Waals surface area contributed by atoms with Gasteiger partial charge in [-0.3, -0.25) is 0 Å². The maximum Gasteiger partial charge on any atom is 0.0719 e. The first-order chi connectivity index (χ1) is 14.0. The molecular formula is C28H23Cl. The van der Waals surface area contributed by atoms with Gasteiger partial charge in [0.05, 0.1) is 5.41 Å². The van der Waals surface area contributed by atoms with Crippen LogP contribution < -0.4 is 0 Å². The molecule has 0 N–H and O–H groups in total. The van der Waals surface area contributed by atoms with Crippen molar-refractivity contribution >= 4 is 11.6 Å². The molecule has 0 aromatic heterocycles. The highest BCUT2D eigenvalue weighted by molar-refractivity contribution is 6.34. The van der Waals surface area contributed by atoms with Crippen LogP contribution in [-0.2, 0) is 10.8 Å². The van der Waals surface area contributed by atoms with Crippen LogP contribution in [-0.4, -0.2) is 0 Å². The third-order valence-electron chi connectivity index (χ3n) is 6.80. The molecule has 0 nitrogen and oxygen atoms in total. The highest BCUT2D eigenvalue weighted by Crippen LogP contribution is 2.63. The van der Waals surface area contributed by atoms with Gasteiger partial charge in [0.15, 0.2) is 0 Å². The first kappa shape index (κ1) is 18.2. The van der Waals surface area contributed by atoms with Gasteiger partial charge in [-0.2, -0.15) is 0 Å². The van der Waals surface area contributed by atoms with E-state index in [-0.39, 0.29) is 5.41 Å². The van der Waals surface area contributed by atoms with E-state index < -0.39 is 5.41 Å². The highest BCUT2D eigenvalue weighted by Gasteiger charge is 2.53. The van der Waals surface area contributed by atoms with Crippen molar-refractivity contribution in [2.24, 2.45) is 0 Å². The Morgan fingerprint density at radius 3 is 1.97 bits per heavy atom. The van der Waals surface area contributed by atoms with Gasteiger partial charge >= 0.3 is 0 Å². The Morgan fingerprint density at radius 1 is 0.690 bits per heavy atom. The van der Waals surface area contributed by atoms with Gasteiger partial charge in [0.1, 0.15) is 0 Å². The Balaban J connectivity index is 2.09. The van der Waals surface area contributed by atoms with Gasteiger partial charge in [0.2, 0.25) is 0 Å². The standard InChI is InChI=1S/C28H23Cl/c1-5-19-20(6-2)28(23-15-10-9-14-22(23)27(19,3)4)21-13-8-7-12-18(21)26-24(28)16-11-17-25(26)29/h5-17H,1-2H2,3-4H3. The molecule has 0 radical (unpaired) electrons. The summed E-state index contributed by atoms with van der Waals surface area (Å²) < 4.78 is 0. The van der Waals surface area contributed by atoms with Gasteiger partial charge in [0, 0.05) is 16.0 Å². The molecule has 1 heteroatoms. The summed E-state index contributed by atoms with van der Waals surface area (Å²) in [6.07, 6.45) is 4.04. The van der Waals surface area contributed by atoms with Gasteiger partial charge in [-0.05, 0) is 45.0 Å². The minimum absolute atomic E-state index is 0.163. The molecule has 3 aromatic carbocycles. The summed E-state index contributed by atoms with van der Waals surface area (Å²) in [4.78, 5) is 0. The zero-order chi connectivity index (χ0) is 20.4. The molecule has 2 aliphatic carbocycles. The Kier molecular flexibility index (Phi) is 3.82. The second-order valence-electron chi connectivity index (χ2n) is 8.36. The number of fused-ring (bicyclic) bond motifs is 7. The summed E-state index contributed by atoms with van der Waals surface area (Å²) in [6.45, 7) is 13.0. The number of rotatable bonds is 2. The molecule has 29 heavy (non-hydrogen) atoms. The molecule has 1 spiro atoms. The van der Waals surface area contributed by atoms with Gasteiger partial charge in [-0.25, -0.2) is 0 Å². The fourth-order valence-electron chi connectivity index (χ4n) is 5.68. The molecule has 1 atom stereocenters. The number of hydrogen-bond donors (Lipinski definition) is 0. The van der Waals surface area contributed by atoms with Gasteiger partial charge in [0.25, 0.3) is 0 Å². The van der Waals surface area contributed by atoms with Crippen molar-refractivity contribution in [2.45, 2.75) is 24.7 Å². The van der Waals surface area contributed by atoms with Crippen LogP contribution in [0.5, 0.6) is 0 Å². The van der Waals surface area contributed by atoms with E-state index in [2.05, 4.69) is 87.7 Å². The minimum atomic E-state index is -0.436. The number of benzene rings is 3. The fourth-order valence-corrected chi connectivity index (χ4v) is 5.95. The highest BCUT2D eigenvalue weighted by atomic mass is 35.5. The van der Waals surface area contributed by atoms with E-state index in [4.69, 9.17) is 11.6 Å². The average Bonchev–Trinajstić information content (AvgIpc) is 3.03. The summed E-state index contributed by atoms with van der Waals surface area (Å²) in [5.74, 6) is 0. The molecule has 0 fully saturated rings. The van der Waals surface area contributed by atoms with Crippen LogP contribution in [0, 0.1) is 0 Å². The van der Waals surface area contributed by atoms with Crippen LogP contribution in [0.4, 0.5) is 0 Å². The van der Waals surface area contributed by atoms with Gasteiger partial charge in [-0.1, -0.05) is 111 Å². The normalized spacial score (nSPS) is 20.8. The molecule has 0 amide bonds. The van der Waals surface area contributed by atoms with Crippen molar-refractivity contribution in [2.75, 3.05) is 0 Å². The van der Waals surface area contributed by atoms with Crippen molar-refractivity contribution in [3.63, 3.8) is 0 Å². The van der Waals surface area contributed by atoms with Crippen LogP contribution in [0.2, 0.25) is 5.02 Å². The molecule has 2 aliphatic rings. The molecule has 0 saturated heterocycles. The predicted octanol–water partition coefficient (Wildman–Crippen LogP) is 7.61. The van der Waals surface area contributed by atoms with E-state index >= 15 is 0 Å². The summed E-state index contributed by atoms with van der Waals surface area (Å²) in [7, 11) is 0. The van der Waals surface area contributed by atoms with E-state index in [0.29, 0.717) is 0 Å². The first-order valence-corrected chi connectivity index (χ1v) is 10.4. The molecule has 3 aromatic rings. The second kappa shape index (κ2) is 6.08. The lowest BCUT2D eigenvalue weighted by atomic mass is 9.55. The van der Waals surface area contributed by atoms with Crippen molar-refractivity contribution in [3.05, 3.63) is 130 Å². The zero-order valence-electron chi connectivity index (χ0n) is 16.8. The Labute approximate surface area is 177 Å². The topological polar surface area (TPSA) is 0 Å². The lowest BCUT2D eigenvalue weighted by Gasteiger charge is -2.46. The quantitative estimate of drug-likeness (QED) is 0.419. The summed E-state index contributed by atoms with van der Waals surface area (Å²) in [5.41, 5.74) is 9.26. The van der Waals surface area contributed by atoms with Crippen LogP contribution in [0.25, 0.3) is 11.1 Å². The van der Waals surface area contributed by atoms with Crippen molar-refractivity contribution in [3.8, 4) is 11.1 Å². The van der Waals surface area contributed by atoms with Crippen molar-refractivity contribution < 1.29 is 0 Å². The molecule has 5 rings (SSSR count). The fraction of sp³-hybridized carbons (Fsp3) is 0.143. The lowest BCUT2D eigenvalue weighted by Crippen LogP contribution is -2.40. The third kappa shape index (κ3) is 2.05. The minimum Gasteiger partial charge on any atom is -0.0987 e. The molecule has 0 saturated carbocycles. The van der Waals surface area contributed by atoms with Gasteiger partial charge in [-0.15, -0.1) is 0 Å². The zero-order valence-corrected chi connectivity index (χ0v) is 17.6. The Hall–Kier alpha value is -2.83. The predicted molar refractivity (Wildman–Crippen MR) is 124 cm³/mol.